The maximum atomic E-state index is 12.6. The molecule has 1 amide bonds. The van der Waals surface area contributed by atoms with Crippen molar-refractivity contribution in [2.24, 2.45) is 0 Å². The van der Waals surface area contributed by atoms with Gasteiger partial charge in [-0.2, -0.15) is 0 Å². The van der Waals surface area contributed by atoms with Crippen LogP contribution in [0.4, 0.5) is 0 Å². The Morgan fingerprint density at radius 2 is 1.88 bits per heavy atom. The Morgan fingerprint density at radius 1 is 1.16 bits per heavy atom. The van der Waals surface area contributed by atoms with Gasteiger partial charge in [-0.05, 0) is 49.7 Å². The maximum absolute atomic E-state index is 12.6. The second-order valence-corrected chi connectivity index (χ2v) is 7.03. The van der Waals surface area contributed by atoms with Gasteiger partial charge in [-0.3, -0.25) is 9.59 Å². The number of hydrogen-bond acceptors (Lipinski definition) is 5. The third-order valence-corrected chi connectivity index (χ3v) is 4.96. The van der Waals surface area contributed by atoms with Crippen molar-refractivity contribution in [1.82, 2.24) is 4.90 Å². The largest absolute Gasteiger partial charge is 0.486 e. The summed E-state index contributed by atoms with van der Waals surface area (Å²) >= 11 is 1.34. The van der Waals surface area contributed by atoms with E-state index in [1.54, 1.807) is 19.9 Å². The first kappa shape index (κ1) is 17.3. The zero-order valence-electron chi connectivity index (χ0n) is 14.0. The third kappa shape index (κ3) is 3.76. The molecule has 6 nitrogen and oxygen atoms in total. The summed E-state index contributed by atoms with van der Waals surface area (Å²) < 4.78 is 11.1. The number of benzene rings is 1. The fourth-order valence-corrected chi connectivity index (χ4v) is 3.54. The molecule has 132 valence electrons. The molecule has 1 aromatic carbocycles. The molecule has 0 atom stereocenters. The van der Waals surface area contributed by atoms with Crippen LogP contribution in [0.15, 0.2) is 30.3 Å². The number of aliphatic carboxylic acids is 1. The number of amides is 1. The number of hydrogen-bond donors (Lipinski definition) is 1. The van der Waals surface area contributed by atoms with Gasteiger partial charge in [-0.25, -0.2) is 0 Å². The molecule has 1 aliphatic rings. The van der Waals surface area contributed by atoms with Crippen molar-refractivity contribution >= 4 is 23.2 Å². The van der Waals surface area contributed by atoms with Crippen LogP contribution in [0.2, 0.25) is 0 Å². The van der Waals surface area contributed by atoms with Crippen molar-refractivity contribution in [2.75, 3.05) is 19.8 Å². The molecule has 2 heterocycles. The molecule has 0 fully saturated rings. The molecule has 1 aliphatic heterocycles. The summed E-state index contributed by atoms with van der Waals surface area (Å²) in [4.78, 5) is 26.4. The summed E-state index contributed by atoms with van der Waals surface area (Å²) in [6.07, 6.45) is 0. The molecule has 0 saturated carbocycles. The minimum atomic E-state index is -1.02. The molecule has 0 bridgehead atoms. The predicted octanol–water partition coefficient (Wildman–Crippen LogP) is 3.12. The quantitative estimate of drug-likeness (QED) is 0.885. The summed E-state index contributed by atoms with van der Waals surface area (Å²) in [6, 6.07) is 9.08. The number of fused-ring (bicyclic) bond motifs is 1. The van der Waals surface area contributed by atoms with Crippen LogP contribution in [-0.2, 0) is 4.79 Å². The van der Waals surface area contributed by atoms with Gasteiger partial charge in [0.2, 0.25) is 0 Å². The third-order valence-electron chi connectivity index (χ3n) is 3.83. The molecule has 1 N–H and O–H groups in total. The Bertz CT molecular complexity index is 799. The molecule has 0 spiro atoms. The van der Waals surface area contributed by atoms with Crippen LogP contribution in [0.5, 0.6) is 11.5 Å². The molecule has 25 heavy (non-hydrogen) atoms. The van der Waals surface area contributed by atoms with E-state index in [4.69, 9.17) is 14.6 Å². The van der Waals surface area contributed by atoms with E-state index in [1.807, 2.05) is 24.3 Å². The van der Waals surface area contributed by atoms with E-state index in [9.17, 15) is 9.59 Å². The lowest BCUT2D eigenvalue weighted by molar-refractivity contribution is -0.138. The fraction of sp³-hybridized carbons (Fsp3) is 0.333. The molecule has 0 saturated heterocycles. The van der Waals surface area contributed by atoms with Crippen LogP contribution < -0.4 is 9.47 Å². The van der Waals surface area contributed by atoms with Gasteiger partial charge in [0, 0.05) is 10.9 Å². The Labute approximate surface area is 149 Å². The second-order valence-electron chi connectivity index (χ2n) is 5.94. The van der Waals surface area contributed by atoms with Gasteiger partial charge < -0.3 is 19.5 Å². The number of rotatable bonds is 5. The highest BCUT2D eigenvalue weighted by atomic mass is 32.1. The lowest BCUT2D eigenvalue weighted by Crippen LogP contribution is -2.40. The molecule has 2 aromatic rings. The van der Waals surface area contributed by atoms with E-state index in [2.05, 4.69) is 0 Å². The summed E-state index contributed by atoms with van der Waals surface area (Å²) in [5.41, 5.74) is 0.933. The van der Waals surface area contributed by atoms with E-state index < -0.39 is 5.97 Å². The number of carboxylic acid groups (broad SMARTS) is 1. The molecule has 1 aromatic heterocycles. The highest BCUT2D eigenvalue weighted by Gasteiger charge is 2.23. The summed E-state index contributed by atoms with van der Waals surface area (Å²) in [7, 11) is 0. The summed E-state index contributed by atoms with van der Waals surface area (Å²) in [5.74, 6) is 0.117. The Kier molecular flexibility index (Phi) is 4.94. The first-order valence-electron chi connectivity index (χ1n) is 7.98. The number of ether oxygens (including phenoxy) is 2. The standard InChI is InChI=1S/C18H19NO5S/c1-11(2)19(10-17(20)21)18(22)16-6-5-15(25-16)12-3-4-13-14(9-12)24-8-7-23-13/h3-6,9,11H,7-8,10H2,1-2H3,(H,20,21). The number of carbonyl (C=O) groups is 2. The van der Waals surface area contributed by atoms with Gasteiger partial charge in [0.1, 0.15) is 19.8 Å². The van der Waals surface area contributed by atoms with Crippen LogP contribution in [0, 0.1) is 0 Å². The lowest BCUT2D eigenvalue weighted by atomic mass is 10.1. The first-order valence-corrected chi connectivity index (χ1v) is 8.80. The molecule has 0 aliphatic carbocycles. The highest BCUT2D eigenvalue weighted by Crippen LogP contribution is 2.37. The molecule has 0 radical (unpaired) electrons. The molecular formula is C18H19NO5S. The van der Waals surface area contributed by atoms with E-state index in [-0.39, 0.29) is 18.5 Å². The van der Waals surface area contributed by atoms with Crippen molar-refractivity contribution in [1.29, 1.82) is 0 Å². The zero-order chi connectivity index (χ0) is 18.0. The van der Waals surface area contributed by atoms with E-state index in [0.717, 1.165) is 16.2 Å². The van der Waals surface area contributed by atoms with Crippen LogP contribution >= 0.6 is 11.3 Å². The smallest absolute Gasteiger partial charge is 0.323 e. The van der Waals surface area contributed by atoms with Gasteiger partial charge in [-0.15, -0.1) is 11.3 Å². The molecule has 0 unspecified atom stereocenters. The van der Waals surface area contributed by atoms with E-state index in [0.29, 0.717) is 23.8 Å². The number of carboxylic acids is 1. The van der Waals surface area contributed by atoms with Gasteiger partial charge in [0.25, 0.3) is 5.91 Å². The lowest BCUT2D eigenvalue weighted by Gasteiger charge is -2.24. The van der Waals surface area contributed by atoms with Crippen molar-refractivity contribution < 1.29 is 24.2 Å². The zero-order valence-corrected chi connectivity index (χ0v) is 14.8. The average molecular weight is 361 g/mol. The SMILES string of the molecule is CC(C)N(CC(=O)O)C(=O)c1ccc(-c2ccc3c(c2)OCCO3)s1. The highest BCUT2D eigenvalue weighted by molar-refractivity contribution is 7.17. The normalized spacial score (nSPS) is 12.9. The van der Waals surface area contributed by atoms with Gasteiger partial charge >= 0.3 is 5.97 Å². The molecular weight excluding hydrogens is 342 g/mol. The Morgan fingerprint density at radius 3 is 2.56 bits per heavy atom. The molecule has 3 rings (SSSR count). The van der Waals surface area contributed by atoms with Crippen molar-refractivity contribution in [3.8, 4) is 21.9 Å². The summed E-state index contributed by atoms with van der Waals surface area (Å²) in [5, 5.41) is 9.01. The van der Waals surface area contributed by atoms with Gasteiger partial charge in [-0.1, -0.05) is 0 Å². The van der Waals surface area contributed by atoms with E-state index in [1.165, 1.54) is 16.2 Å². The van der Waals surface area contributed by atoms with Gasteiger partial charge in [0.15, 0.2) is 11.5 Å². The van der Waals surface area contributed by atoms with Crippen LogP contribution in [0.25, 0.3) is 10.4 Å². The summed E-state index contributed by atoms with van der Waals surface area (Å²) in [6.45, 7) is 4.35. The van der Waals surface area contributed by atoms with Crippen molar-refractivity contribution in [3.63, 3.8) is 0 Å². The molecule has 7 heteroatoms. The minimum Gasteiger partial charge on any atom is -0.486 e. The van der Waals surface area contributed by atoms with Crippen LogP contribution in [0.1, 0.15) is 23.5 Å². The average Bonchev–Trinajstić information content (AvgIpc) is 3.08. The minimum absolute atomic E-state index is 0.191. The predicted molar refractivity (Wildman–Crippen MR) is 94.6 cm³/mol. The Balaban J connectivity index is 1.84. The monoisotopic (exact) mass is 361 g/mol. The van der Waals surface area contributed by atoms with Gasteiger partial charge in [0.05, 0.1) is 4.88 Å². The number of nitrogens with zero attached hydrogens (tertiary/aromatic N) is 1. The first-order chi connectivity index (χ1) is 12.0. The Hall–Kier alpha value is -2.54. The van der Waals surface area contributed by atoms with Crippen molar-refractivity contribution in [2.45, 2.75) is 19.9 Å². The second kappa shape index (κ2) is 7.14. The number of carbonyl (C=O) groups excluding carboxylic acids is 1. The fourth-order valence-electron chi connectivity index (χ4n) is 2.58. The number of thiophene rings is 1. The van der Waals surface area contributed by atoms with E-state index >= 15 is 0 Å². The van der Waals surface area contributed by atoms with Crippen LogP contribution in [-0.4, -0.2) is 47.7 Å². The van der Waals surface area contributed by atoms with Crippen molar-refractivity contribution in [3.05, 3.63) is 35.2 Å². The topological polar surface area (TPSA) is 76.1 Å². The van der Waals surface area contributed by atoms with Crippen LogP contribution in [0.3, 0.4) is 0 Å². The maximum Gasteiger partial charge on any atom is 0.323 e.